The van der Waals surface area contributed by atoms with Crippen molar-refractivity contribution in [2.45, 2.75) is 51.9 Å². The van der Waals surface area contributed by atoms with E-state index in [0.29, 0.717) is 18.1 Å². The van der Waals surface area contributed by atoms with Crippen molar-refractivity contribution in [2.24, 2.45) is 0 Å². The number of unbranched alkanes of at least 4 members (excludes halogenated alkanes) is 5. The number of hydrogen-bond donors (Lipinski definition) is 2. The fourth-order valence-electron chi connectivity index (χ4n) is 3.10. The van der Waals surface area contributed by atoms with Gasteiger partial charge in [-0.1, -0.05) is 69.4 Å². The smallest absolute Gasteiger partial charge is 0.274 e. The zero-order chi connectivity index (χ0) is 19.8. The van der Waals surface area contributed by atoms with Gasteiger partial charge in [0.25, 0.3) is 11.3 Å². The molecule has 0 aliphatic carbocycles. The van der Waals surface area contributed by atoms with Crippen LogP contribution in [0, 0.1) is 0 Å². The number of carbonyl (C=O) groups excluding carboxylic acids is 1. The van der Waals surface area contributed by atoms with Crippen molar-refractivity contribution < 1.29 is 4.79 Å². The van der Waals surface area contributed by atoms with Crippen LogP contribution in [-0.2, 0) is 11.2 Å². The first-order valence-corrected chi connectivity index (χ1v) is 9.98. The van der Waals surface area contributed by atoms with Gasteiger partial charge in [-0.3, -0.25) is 14.7 Å². The van der Waals surface area contributed by atoms with E-state index in [1.54, 1.807) is 0 Å². The zero-order valence-electron chi connectivity index (χ0n) is 16.3. The van der Waals surface area contributed by atoms with Crippen molar-refractivity contribution in [3.63, 3.8) is 0 Å². The van der Waals surface area contributed by atoms with Crippen LogP contribution >= 0.6 is 0 Å². The number of nitrogens with zero attached hydrogens (tertiary/aromatic N) is 3. The standard InChI is InChI=1S/C21H27N5O2/c1-2-3-4-5-6-10-13-22-18(27)14-17-15-19(28)26-21(23-17)24-20(25-26)16-11-8-7-9-12-16/h7-9,11-12,15H,2-6,10,13-14H2,1H3,(H,22,27)(H,23,24,25). The maximum Gasteiger partial charge on any atom is 0.274 e. The minimum atomic E-state index is -0.279. The van der Waals surface area contributed by atoms with Crippen molar-refractivity contribution in [1.82, 2.24) is 24.9 Å². The number of H-pyrrole nitrogens is 1. The Morgan fingerprint density at radius 1 is 1.07 bits per heavy atom. The number of rotatable bonds is 10. The van der Waals surface area contributed by atoms with Gasteiger partial charge in [0.05, 0.1) is 12.1 Å². The number of fused-ring (bicyclic) bond motifs is 1. The van der Waals surface area contributed by atoms with E-state index >= 15 is 0 Å². The van der Waals surface area contributed by atoms with Crippen molar-refractivity contribution in [1.29, 1.82) is 0 Å². The lowest BCUT2D eigenvalue weighted by Gasteiger charge is -2.05. The van der Waals surface area contributed by atoms with E-state index in [4.69, 9.17) is 0 Å². The largest absolute Gasteiger partial charge is 0.356 e. The molecular weight excluding hydrogens is 354 g/mol. The van der Waals surface area contributed by atoms with Crippen molar-refractivity contribution in [2.75, 3.05) is 6.54 Å². The molecule has 0 unspecified atom stereocenters. The van der Waals surface area contributed by atoms with Crippen molar-refractivity contribution in [3.8, 4) is 11.4 Å². The third-order valence-corrected chi connectivity index (χ3v) is 4.62. The Morgan fingerprint density at radius 3 is 2.61 bits per heavy atom. The Labute approximate surface area is 164 Å². The normalized spacial score (nSPS) is 11.0. The molecule has 148 valence electrons. The molecule has 0 atom stereocenters. The SMILES string of the molecule is CCCCCCCCNC(=O)Cc1cc(=O)n2[nH]c(-c3ccccc3)nc2n1. The monoisotopic (exact) mass is 381 g/mol. The molecular formula is C21H27N5O2. The topological polar surface area (TPSA) is 92.2 Å². The first-order chi connectivity index (χ1) is 13.7. The lowest BCUT2D eigenvalue weighted by Crippen LogP contribution is -2.27. The molecule has 7 nitrogen and oxygen atoms in total. The van der Waals surface area contributed by atoms with Crippen molar-refractivity contribution in [3.05, 3.63) is 52.4 Å². The molecule has 0 saturated heterocycles. The van der Waals surface area contributed by atoms with E-state index in [-0.39, 0.29) is 23.7 Å². The highest BCUT2D eigenvalue weighted by molar-refractivity contribution is 5.78. The molecule has 0 saturated carbocycles. The van der Waals surface area contributed by atoms with Gasteiger partial charge < -0.3 is 5.32 Å². The van der Waals surface area contributed by atoms with E-state index in [1.165, 1.54) is 36.3 Å². The van der Waals surface area contributed by atoms with Gasteiger partial charge in [0.1, 0.15) is 0 Å². The number of carbonyl (C=O) groups is 1. The van der Waals surface area contributed by atoms with Gasteiger partial charge in [0.2, 0.25) is 5.91 Å². The van der Waals surface area contributed by atoms with Crippen LogP contribution < -0.4 is 10.9 Å². The summed E-state index contributed by atoms with van der Waals surface area (Å²) in [7, 11) is 0. The molecule has 0 aliphatic heterocycles. The summed E-state index contributed by atoms with van der Waals surface area (Å²) in [5.74, 6) is 0.712. The second-order valence-corrected chi connectivity index (χ2v) is 6.95. The molecule has 0 aliphatic rings. The number of aromatic nitrogens is 4. The highest BCUT2D eigenvalue weighted by atomic mass is 16.1. The van der Waals surface area contributed by atoms with E-state index in [0.717, 1.165) is 18.4 Å². The summed E-state index contributed by atoms with van der Waals surface area (Å²) in [6.45, 7) is 2.86. The van der Waals surface area contributed by atoms with Crippen molar-refractivity contribution >= 4 is 11.7 Å². The number of nitrogens with one attached hydrogen (secondary N) is 2. The Hall–Kier alpha value is -2.96. The number of aromatic amines is 1. The third-order valence-electron chi connectivity index (χ3n) is 4.62. The minimum absolute atomic E-state index is 0.0785. The molecule has 2 N–H and O–H groups in total. The average molecular weight is 381 g/mol. The average Bonchev–Trinajstić information content (AvgIpc) is 3.13. The second-order valence-electron chi connectivity index (χ2n) is 6.95. The maximum absolute atomic E-state index is 12.3. The van der Waals surface area contributed by atoms with E-state index in [1.807, 2.05) is 30.3 Å². The van der Waals surface area contributed by atoms with E-state index in [2.05, 4.69) is 27.3 Å². The molecule has 3 aromatic rings. The summed E-state index contributed by atoms with van der Waals surface area (Å²) >= 11 is 0. The predicted octanol–water partition coefficient (Wildman–Crippen LogP) is 3.10. The third kappa shape index (κ3) is 5.28. The Kier molecular flexibility index (Phi) is 6.94. The number of amides is 1. The number of hydrogen-bond acceptors (Lipinski definition) is 4. The molecule has 2 aromatic heterocycles. The summed E-state index contributed by atoms with van der Waals surface area (Å²) in [5.41, 5.74) is 1.01. The van der Waals surface area contributed by atoms with Gasteiger partial charge in [0.15, 0.2) is 5.82 Å². The van der Waals surface area contributed by atoms with Gasteiger partial charge in [-0.2, -0.15) is 9.50 Å². The Balaban J connectivity index is 1.58. The molecule has 28 heavy (non-hydrogen) atoms. The van der Waals surface area contributed by atoms with Crippen LogP contribution in [0.15, 0.2) is 41.2 Å². The molecule has 0 spiro atoms. The van der Waals surface area contributed by atoms with Crippen LogP contribution in [0.4, 0.5) is 0 Å². The number of benzene rings is 1. The molecule has 0 bridgehead atoms. The minimum Gasteiger partial charge on any atom is -0.356 e. The summed E-state index contributed by atoms with van der Waals surface area (Å²) < 4.78 is 1.29. The summed E-state index contributed by atoms with van der Waals surface area (Å²) in [6, 6.07) is 10.9. The lowest BCUT2D eigenvalue weighted by atomic mass is 10.1. The van der Waals surface area contributed by atoms with Gasteiger partial charge >= 0.3 is 0 Å². The highest BCUT2D eigenvalue weighted by Crippen LogP contribution is 2.14. The highest BCUT2D eigenvalue weighted by Gasteiger charge is 2.11. The quantitative estimate of drug-likeness (QED) is 0.528. The van der Waals surface area contributed by atoms with E-state index in [9.17, 15) is 9.59 Å². The molecule has 1 aromatic carbocycles. The van der Waals surface area contributed by atoms with Gasteiger partial charge in [-0.15, -0.1) is 0 Å². The fraction of sp³-hybridized carbons (Fsp3) is 0.429. The first-order valence-electron chi connectivity index (χ1n) is 9.98. The second kappa shape index (κ2) is 9.82. The maximum atomic E-state index is 12.3. The molecule has 7 heteroatoms. The van der Waals surface area contributed by atoms with Crippen LogP contribution in [0.1, 0.15) is 51.1 Å². The molecule has 3 rings (SSSR count). The summed E-state index contributed by atoms with van der Waals surface area (Å²) in [5, 5.41) is 5.86. The van der Waals surface area contributed by atoms with Gasteiger partial charge in [-0.05, 0) is 6.42 Å². The van der Waals surface area contributed by atoms with Gasteiger partial charge in [-0.25, -0.2) is 4.98 Å². The summed E-state index contributed by atoms with van der Waals surface area (Å²) in [4.78, 5) is 33.2. The van der Waals surface area contributed by atoms with Crippen LogP contribution in [0.25, 0.3) is 17.2 Å². The molecule has 0 radical (unpaired) electrons. The molecule has 0 fully saturated rings. The van der Waals surface area contributed by atoms with Crippen LogP contribution in [-0.4, -0.2) is 32.0 Å². The van der Waals surface area contributed by atoms with Crippen LogP contribution in [0.2, 0.25) is 0 Å². The Bertz CT molecular complexity index is 962. The predicted molar refractivity (Wildman–Crippen MR) is 109 cm³/mol. The van der Waals surface area contributed by atoms with E-state index < -0.39 is 0 Å². The zero-order valence-corrected chi connectivity index (χ0v) is 16.3. The fourth-order valence-corrected chi connectivity index (χ4v) is 3.10. The molecule has 2 heterocycles. The summed E-state index contributed by atoms with van der Waals surface area (Å²) in [6.07, 6.45) is 7.15. The Morgan fingerprint density at radius 2 is 1.82 bits per heavy atom. The van der Waals surface area contributed by atoms with Gasteiger partial charge in [0, 0.05) is 18.2 Å². The molecule has 1 amide bonds. The van der Waals surface area contributed by atoms with Crippen LogP contribution in [0.5, 0.6) is 0 Å². The first kappa shape index (κ1) is 19.8. The van der Waals surface area contributed by atoms with Crippen LogP contribution in [0.3, 0.4) is 0 Å². The lowest BCUT2D eigenvalue weighted by molar-refractivity contribution is -0.120.